The van der Waals surface area contributed by atoms with Gasteiger partial charge < -0.3 is 14.6 Å². The van der Waals surface area contributed by atoms with Crippen LogP contribution in [0.2, 0.25) is 0 Å². The molecule has 0 radical (unpaired) electrons. The molecule has 0 atom stereocenters. The van der Waals surface area contributed by atoms with Crippen molar-refractivity contribution in [1.82, 2.24) is 9.78 Å². The van der Waals surface area contributed by atoms with Gasteiger partial charge in [-0.05, 0) is 68.0 Å². The number of para-hydroxylation sites is 1. The monoisotopic (exact) mass is 458 g/mol. The van der Waals surface area contributed by atoms with E-state index in [1.54, 1.807) is 25.1 Å². The number of aromatic carboxylic acids is 1. The molecule has 0 bridgehead atoms. The van der Waals surface area contributed by atoms with Gasteiger partial charge in [-0.3, -0.25) is 9.89 Å². The van der Waals surface area contributed by atoms with Crippen LogP contribution in [0.15, 0.2) is 68.2 Å². The lowest BCUT2D eigenvalue weighted by atomic mass is 9.91. The van der Waals surface area contributed by atoms with Crippen molar-refractivity contribution in [3.8, 4) is 22.6 Å². The molecular weight excluding hydrogens is 436 g/mol. The van der Waals surface area contributed by atoms with Crippen molar-refractivity contribution in [2.24, 2.45) is 10.2 Å². The minimum absolute atomic E-state index is 0.135. The molecule has 0 amide bonds. The number of aromatic hydroxyl groups is 1. The van der Waals surface area contributed by atoms with Crippen molar-refractivity contribution in [3.05, 3.63) is 81.7 Å². The fourth-order valence-corrected chi connectivity index (χ4v) is 4.23. The van der Waals surface area contributed by atoms with Gasteiger partial charge in [-0.15, -0.1) is 10.2 Å². The summed E-state index contributed by atoms with van der Waals surface area (Å²) in [6.07, 6.45) is 5.64. The number of carboxylic acid groups (broad SMARTS) is 1. The van der Waals surface area contributed by atoms with E-state index in [2.05, 4.69) is 21.4 Å². The summed E-state index contributed by atoms with van der Waals surface area (Å²) in [5.74, 6) is -1.65. The lowest BCUT2D eigenvalue weighted by molar-refractivity contribution is 0.0662. The summed E-state index contributed by atoms with van der Waals surface area (Å²) in [5, 5.41) is 31.0. The third-order valence-corrected chi connectivity index (χ3v) is 6.02. The minimum atomic E-state index is -1.21. The number of nitrogens with zero attached hydrogens (tertiary/aromatic N) is 3. The topological polar surface area (TPSA) is 133 Å². The fraction of sp³-hybridized carbons (Fsp3) is 0.200. The minimum Gasteiger partial charge on any atom is -0.505 e. The van der Waals surface area contributed by atoms with Gasteiger partial charge in [0.15, 0.2) is 11.4 Å². The number of carboxylic acids is 1. The summed E-state index contributed by atoms with van der Waals surface area (Å²) in [7, 11) is 0. The summed E-state index contributed by atoms with van der Waals surface area (Å²) in [4.78, 5) is 24.1. The maximum atomic E-state index is 13.1. The number of fused-ring (bicyclic) bond motifs is 1. The van der Waals surface area contributed by atoms with Gasteiger partial charge in [0.25, 0.3) is 5.56 Å². The average Bonchev–Trinajstić information content (AvgIpc) is 3.43. The fourth-order valence-electron chi connectivity index (χ4n) is 4.23. The summed E-state index contributed by atoms with van der Waals surface area (Å²) in [5.41, 5.74) is 4.54. The third-order valence-electron chi connectivity index (χ3n) is 6.02. The van der Waals surface area contributed by atoms with Crippen molar-refractivity contribution < 1.29 is 19.4 Å². The molecule has 0 saturated carbocycles. The maximum Gasteiger partial charge on any atom is 0.371 e. The number of phenols is 1. The zero-order chi connectivity index (χ0) is 23.8. The van der Waals surface area contributed by atoms with Crippen molar-refractivity contribution >= 4 is 17.3 Å². The first-order valence-electron chi connectivity index (χ1n) is 10.9. The Hall–Kier alpha value is -4.40. The number of H-pyrrole nitrogens is 1. The summed E-state index contributed by atoms with van der Waals surface area (Å²) in [6.45, 7) is 1.74. The van der Waals surface area contributed by atoms with Crippen molar-refractivity contribution in [3.63, 3.8) is 0 Å². The van der Waals surface area contributed by atoms with Gasteiger partial charge in [0.1, 0.15) is 5.69 Å². The Morgan fingerprint density at radius 1 is 1.09 bits per heavy atom. The molecule has 0 fully saturated rings. The molecule has 1 aliphatic rings. The van der Waals surface area contributed by atoms with Crippen LogP contribution in [0.25, 0.3) is 16.8 Å². The molecule has 0 spiro atoms. The Labute approximate surface area is 194 Å². The van der Waals surface area contributed by atoms with Gasteiger partial charge in [0.05, 0.1) is 17.6 Å². The van der Waals surface area contributed by atoms with Crippen LogP contribution < -0.4 is 5.56 Å². The van der Waals surface area contributed by atoms with Crippen LogP contribution in [0.1, 0.15) is 40.2 Å². The highest BCUT2D eigenvalue weighted by Crippen LogP contribution is 2.38. The van der Waals surface area contributed by atoms with Crippen LogP contribution in [0.3, 0.4) is 0 Å². The number of aromatic amines is 1. The van der Waals surface area contributed by atoms with Crippen LogP contribution in [0.4, 0.5) is 11.4 Å². The first-order chi connectivity index (χ1) is 16.4. The number of aryl methyl sites for hydroxylation is 3. The van der Waals surface area contributed by atoms with Crippen molar-refractivity contribution in [1.29, 1.82) is 0 Å². The van der Waals surface area contributed by atoms with Crippen molar-refractivity contribution in [2.75, 3.05) is 0 Å². The number of hydrogen-bond donors (Lipinski definition) is 3. The number of aromatic nitrogens is 2. The normalized spacial score (nSPS) is 13.3. The van der Waals surface area contributed by atoms with E-state index in [0.29, 0.717) is 16.8 Å². The number of furan rings is 1. The van der Waals surface area contributed by atoms with Gasteiger partial charge in [-0.2, -0.15) is 0 Å². The van der Waals surface area contributed by atoms with E-state index in [1.165, 1.54) is 34.6 Å². The molecule has 9 heteroatoms. The van der Waals surface area contributed by atoms with Gasteiger partial charge in [0, 0.05) is 11.1 Å². The van der Waals surface area contributed by atoms with Crippen LogP contribution >= 0.6 is 0 Å². The highest BCUT2D eigenvalue weighted by atomic mass is 16.4. The van der Waals surface area contributed by atoms with Gasteiger partial charge in [0.2, 0.25) is 5.76 Å². The molecule has 2 aromatic carbocycles. The van der Waals surface area contributed by atoms with Crippen molar-refractivity contribution in [2.45, 2.75) is 32.6 Å². The number of nitrogens with one attached hydrogen (secondary N) is 1. The predicted octanol–water partition coefficient (Wildman–Crippen LogP) is 5.43. The molecule has 9 nitrogen and oxygen atoms in total. The Morgan fingerprint density at radius 2 is 1.88 bits per heavy atom. The van der Waals surface area contributed by atoms with E-state index in [1.807, 2.05) is 12.1 Å². The number of carbonyl (C=O) groups is 1. The van der Waals surface area contributed by atoms with Crippen LogP contribution in [0, 0.1) is 6.92 Å². The lowest BCUT2D eigenvalue weighted by Gasteiger charge is -2.16. The van der Waals surface area contributed by atoms with Crippen LogP contribution in [0.5, 0.6) is 5.75 Å². The van der Waals surface area contributed by atoms with E-state index in [9.17, 15) is 14.7 Å². The Kier molecular flexibility index (Phi) is 5.37. The molecule has 3 N–H and O–H groups in total. The standard InChI is InChI=1S/C25H22N4O5/c1-14-22(24(31)29(28-14)18-10-9-15-5-2-3-6-16(15)11-18)27-26-20-8-4-7-19(23(20)30)17-12-21(25(32)33)34-13-17/h4,7-13,28,30H,2-3,5-6H2,1H3,(H,32,33). The van der Waals surface area contributed by atoms with E-state index >= 15 is 0 Å². The van der Waals surface area contributed by atoms with Crippen LogP contribution in [-0.4, -0.2) is 26.0 Å². The van der Waals surface area contributed by atoms with Gasteiger partial charge in [-0.1, -0.05) is 18.2 Å². The third kappa shape index (κ3) is 3.81. The molecule has 0 unspecified atom stereocenters. The summed E-state index contributed by atoms with van der Waals surface area (Å²) >= 11 is 0. The number of hydrogen-bond acceptors (Lipinski definition) is 6. The smallest absolute Gasteiger partial charge is 0.371 e. The second-order valence-corrected chi connectivity index (χ2v) is 8.26. The largest absolute Gasteiger partial charge is 0.505 e. The molecular formula is C25H22N4O5. The first kappa shape index (κ1) is 21.4. The first-order valence-corrected chi connectivity index (χ1v) is 10.9. The highest BCUT2D eigenvalue weighted by molar-refractivity contribution is 5.87. The molecule has 172 valence electrons. The second kappa shape index (κ2) is 8.51. The zero-order valence-corrected chi connectivity index (χ0v) is 18.4. The summed E-state index contributed by atoms with van der Waals surface area (Å²) in [6, 6.07) is 12.1. The van der Waals surface area contributed by atoms with E-state index < -0.39 is 5.97 Å². The molecule has 2 heterocycles. The number of azo groups is 1. The Bertz CT molecular complexity index is 1490. The van der Waals surface area contributed by atoms with Gasteiger partial charge >= 0.3 is 5.97 Å². The quantitative estimate of drug-likeness (QED) is 0.343. The summed E-state index contributed by atoms with van der Waals surface area (Å²) < 4.78 is 6.45. The molecule has 0 aliphatic heterocycles. The number of rotatable bonds is 5. The van der Waals surface area contributed by atoms with E-state index in [0.717, 1.165) is 24.9 Å². The Balaban J connectivity index is 1.47. The average molecular weight is 458 g/mol. The molecule has 34 heavy (non-hydrogen) atoms. The second-order valence-electron chi connectivity index (χ2n) is 8.26. The molecule has 5 rings (SSSR count). The van der Waals surface area contributed by atoms with Crippen LogP contribution in [-0.2, 0) is 12.8 Å². The predicted molar refractivity (Wildman–Crippen MR) is 125 cm³/mol. The lowest BCUT2D eigenvalue weighted by Crippen LogP contribution is -2.15. The Morgan fingerprint density at radius 3 is 2.65 bits per heavy atom. The number of phenolic OH excluding ortho intramolecular Hbond substituents is 1. The molecule has 0 saturated heterocycles. The highest BCUT2D eigenvalue weighted by Gasteiger charge is 2.17. The molecule has 2 aromatic heterocycles. The number of benzene rings is 2. The molecule has 1 aliphatic carbocycles. The van der Waals surface area contributed by atoms with E-state index in [-0.39, 0.29) is 28.4 Å². The van der Waals surface area contributed by atoms with Gasteiger partial charge in [-0.25, -0.2) is 9.48 Å². The van der Waals surface area contributed by atoms with E-state index in [4.69, 9.17) is 9.52 Å². The maximum absolute atomic E-state index is 13.1. The SMILES string of the molecule is Cc1[nH]n(-c2ccc3c(c2)CCCC3)c(=O)c1N=Nc1cccc(-c2coc(C(=O)O)c2)c1O. The molecule has 4 aromatic rings. The zero-order valence-electron chi connectivity index (χ0n) is 18.4.